The summed E-state index contributed by atoms with van der Waals surface area (Å²) in [4.78, 5) is 0. The molecule has 0 atom stereocenters. The molecule has 4 aliphatic carbocycles. The zero-order valence-corrected chi connectivity index (χ0v) is 10.0. The largest absolute Gasteiger partial charge is 0.367 e. The number of rotatable bonds is 2. The van der Waals surface area contributed by atoms with Crippen molar-refractivity contribution < 1.29 is 0 Å². The maximum atomic E-state index is 5.80. The molecule has 92 valence electrons. The lowest BCUT2D eigenvalue weighted by Crippen LogP contribution is -2.48. The van der Waals surface area contributed by atoms with Crippen molar-refractivity contribution in [2.75, 3.05) is 5.73 Å². The van der Waals surface area contributed by atoms with Crippen LogP contribution in [0.15, 0.2) is 0 Å². The van der Waals surface area contributed by atoms with Gasteiger partial charge in [-0.15, -0.1) is 0 Å². The molecule has 17 heavy (non-hydrogen) atoms. The summed E-state index contributed by atoms with van der Waals surface area (Å²) in [5.41, 5.74) is 6.25. The number of aromatic nitrogens is 4. The van der Waals surface area contributed by atoms with E-state index in [9.17, 15) is 0 Å². The van der Waals surface area contributed by atoms with Gasteiger partial charge in [0.05, 0.1) is 6.54 Å². The van der Waals surface area contributed by atoms with Gasteiger partial charge >= 0.3 is 0 Å². The molecule has 0 aromatic carbocycles. The van der Waals surface area contributed by atoms with Gasteiger partial charge in [-0.05, 0) is 72.1 Å². The number of nitrogens with two attached hydrogens (primary N) is 1. The Morgan fingerprint density at radius 1 is 1.12 bits per heavy atom. The van der Waals surface area contributed by atoms with Crippen LogP contribution in [0.1, 0.15) is 38.5 Å². The van der Waals surface area contributed by atoms with E-state index >= 15 is 0 Å². The first-order valence-corrected chi connectivity index (χ1v) is 6.74. The fourth-order valence-electron chi connectivity index (χ4n) is 5.13. The van der Waals surface area contributed by atoms with Gasteiger partial charge in [0.15, 0.2) is 0 Å². The second-order valence-electron chi connectivity index (χ2n) is 6.61. The SMILES string of the molecule is Nc1nnnn1CC12CC3CC(CC(C3)C1)C2. The molecular weight excluding hydrogens is 214 g/mol. The van der Waals surface area contributed by atoms with Crippen LogP contribution in [0, 0.1) is 23.2 Å². The third-order valence-corrected chi connectivity index (χ3v) is 5.21. The van der Waals surface area contributed by atoms with Crippen LogP contribution in [0.5, 0.6) is 0 Å². The van der Waals surface area contributed by atoms with Gasteiger partial charge in [0.1, 0.15) is 0 Å². The van der Waals surface area contributed by atoms with Crippen LogP contribution in [0.25, 0.3) is 0 Å². The summed E-state index contributed by atoms with van der Waals surface area (Å²) in [5.74, 6) is 3.39. The predicted octanol–water partition coefficient (Wildman–Crippen LogP) is 1.47. The summed E-state index contributed by atoms with van der Waals surface area (Å²) in [6.45, 7) is 0.940. The molecule has 4 bridgehead atoms. The summed E-state index contributed by atoms with van der Waals surface area (Å²) in [6, 6.07) is 0. The van der Waals surface area contributed by atoms with Crippen molar-refractivity contribution in [3.05, 3.63) is 0 Å². The highest BCUT2D eigenvalue weighted by atomic mass is 15.6. The third kappa shape index (κ3) is 1.47. The molecule has 0 aliphatic heterocycles. The number of nitrogen functional groups attached to an aromatic ring is 1. The van der Waals surface area contributed by atoms with Crippen molar-refractivity contribution in [3.8, 4) is 0 Å². The summed E-state index contributed by atoms with van der Waals surface area (Å²) < 4.78 is 1.81. The van der Waals surface area contributed by atoms with Crippen molar-refractivity contribution in [1.82, 2.24) is 20.2 Å². The van der Waals surface area contributed by atoms with Crippen LogP contribution in [0.2, 0.25) is 0 Å². The topological polar surface area (TPSA) is 69.6 Å². The Kier molecular flexibility index (Phi) is 1.86. The second kappa shape index (κ2) is 3.21. The quantitative estimate of drug-likeness (QED) is 0.839. The van der Waals surface area contributed by atoms with Crippen molar-refractivity contribution in [3.63, 3.8) is 0 Å². The highest BCUT2D eigenvalue weighted by Gasteiger charge is 2.51. The molecule has 1 heterocycles. The Balaban J connectivity index is 1.62. The van der Waals surface area contributed by atoms with Crippen molar-refractivity contribution >= 4 is 5.95 Å². The Morgan fingerprint density at radius 2 is 1.71 bits per heavy atom. The van der Waals surface area contributed by atoms with Crippen LogP contribution in [0.3, 0.4) is 0 Å². The van der Waals surface area contributed by atoms with E-state index < -0.39 is 0 Å². The van der Waals surface area contributed by atoms with Crippen molar-refractivity contribution in [2.24, 2.45) is 23.2 Å². The minimum atomic E-state index is 0.457. The summed E-state index contributed by atoms with van der Waals surface area (Å²) in [6.07, 6.45) is 8.55. The highest BCUT2D eigenvalue weighted by Crippen LogP contribution is 2.60. The van der Waals surface area contributed by atoms with Crippen molar-refractivity contribution in [2.45, 2.75) is 45.1 Å². The number of hydrogen-bond donors (Lipinski definition) is 1. The van der Waals surface area contributed by atoms with E-state index in [0.717, 1.165) is 24.3 Å². The molecule has 5 nitrogen and oxygen atoms in total. The molecule has 4 fully saturated rings. The third-order valence-electron chi connectivity index (χ3n) is 5.21. The van der Waals surface area contributed by atoms with E-state index in [1.807, 2.05) is 4.68 Å². The van der Waals surface area contributed by atoms with Gasteiger partial charge < -0.3 is 5.73 Å². The smallest absolute Gasteiger partial charge is 0.240 e. The maximum absolute atomic E-state index is 5.80. The minimum Gasteiger partial charge on any atom is -0.367 e. The molecule has 0 spiro atoms. The van der Waals surface area contributed by atoms with Gasteiger partial charge in [-0.25, -0.2) is 4.68 Å². The molecule has 0 radical (unpaired) electrons. The van der Waals surface area contributed by atoms with E-state index in [1.165, 1.54) is 38.5 Å². The van der Waals surface area contributed by atoms with Crippen LogP contribution in [-0.4, -0.2) is 20.2 Å². The first kappa shape index (κ1) is 9.85. The van der Waals surface area contributed by atoms with Crippen LogP contribution >= 0.6 is 0 Å². The molecule has 0 unspecified atom stereocenters. The summed E-state index contributed by atoms with van der Waals surface area (Å²) in [7, 11) is 0. The lowest BCUT2D eigenvalue weighted by Gasteiger charge is -2.56. The fourth-order valence-corrected chi connectivity index (χ4v) is 5.13. The zero-order chi connectivity index (χ0) is 11.5. The molecule has 4 aliphatic rings. The summed E-state index contributed by atoms with van der Waals surface area (Å²) >= 11 is 0. The normalized spacial score (nSPS) is 43.2. The molecule has 5 rings (SSSR count). The Hall–Kier alpha value is -1.13. The van der Waals surface area contributed by atoms with E-state index in [2.05, 4.69) is 15.5 Å². The molecule has 4 saturated carbocycles. The van der Waals surface area contributed by atoms with Gasteiger partial charge in [-0.3, -0.25) is 0 Å². The van der Waals surface area contributed by atoms with E-state index in [1.54, 1.807) is 0 Å². The molecule has 1 aromatic heterocycles. The zero-order valence-electron chi connectivity index (χ0n) is 10.0. The Labute approximate surface area is 101 Å². The molecule has 2 N–H and O–H groups in total. The molecule has 0 amide bonds. The number of nitrogens with zero attached hydrogens (tertiary/aromatic N) is 4. The molecule has 0 saturated heterocycles. The van der Waals surface area contributed by atoms with Gasteiger partial charge in [-0.1, -0.05) is 5.10 Å². The molecule has 5 heteroatoms. The minimum absolute atomic E-state index is 0.457. The average Bonchev–Trinajstić information content (AvgIpc) is 2.61. The van der Waals surface area contributed by atoms with E-state index in [-0.39, 0.29) is 0 Å². The first-order chi connectivity index (χ1) is 8.22. The lowest BCUT2D eigenvalue weighted by atomic mass is 9.49. The first-order valence-electron chi connectivity index (χ1n) is 6.74. The van der Waals surface area contributed by atoms with Crippen molar-refractivity contribution in [1.29, 1.82) is 0 Å². The molecular formula is C12H19N5. The van der Waals surface area contributed by atoms with Crippen LogP contribution < -0.4 is 5.73 Å². The highest BCUT2D eigenvalue weighted by molar-refractivity contribution is 5.11. The Bertz CT molecular complexity index is 403. The number of anilines is 1. The van der Waals surface area contributed by atoms with E-state index in [0.29, 0.717) is 11.4 Å². The van der Waals surface area contributed by atoms with Crippen LogP contribution in [0.4, 0.5) is 5.95 Å². The maximum Gasteiger partial charge on any atom is 0.240 e. The predicted molar refractivity (Wildman–Crippen MR) is 62.8 cm³/mol. The lowest BCUT2D eigenvalue weighted by molar-refractivity contribution is -0.0634. The second-order valence-corrected chi connectivity index (χ2v) is 6.61. The molecule has 1 aromatic rings. The van der Waals surface area contributed by atoms with Gasteiger partial charge in [-0.2, -0.15) is 0 Å². The van der Waals surface area contributed by atoms with Gasteiger partial charge in [0, 0.05) is 0 Å². The fraction of sp³-hybridized carbons (Fsp3) is 0.917. The Morgan fingerprint density at radius 3 is 2.18 bits per heavy atom. The standard InChI is InChI=1S/C12H19N5/c13-11-14-15-16-17(11)7-12-4-8-1-9(5-12)3-10(2-8)6-12/h8-10H,1-7H2,(H2,13,14,16). The average molecular weight is 233 g/mol. The van der Waals surface area contributed by atoms with E-state index in [4.69, 9.17) is 5.73 Å². The summed E-state index contributed by atoms with van der Waals surface area (Å²) in [5, 5.41) is 11.5. The monoisotopic (exact) mass is 233 g/mol. The van der Waals surface area contributed by atoms with Gasteiger partial charge in [0.2, 0.25) is 5.95 Å². The number of tetrazole rings is 1. The number of hydrogen-bond acceptors (Lipinski definition) is 4. The van der Waals surface area contributed by atoms with Crippen LogP contribution in [-0.2, 0) is 6.54 Å². The van der Waals surface area contributed by atoms with Gasteiger partial charge in [0.25, 0.3) is 0 Å².